The molecule has 0 spiro atoms. The Morgan fingerprint density at radius 1 is 1.00 bits per heavy atom. The number of hydrogen-bond donors (Lipinski definition) is 3. The molecule has 6 heteroatoms. The molecule has 0 heterocycles. The van der Waals surface area contributed by atoms with Gasteiger partial charge in [0.25, 0.3) is 0 Å². The van der Waals surface area contributed by atoms with Crippen molar-refractivity contribution < 1.29 is 19.5 Å². The minimum Gasteiger partial charge on any atom is -0.481 e. The van der Waals surface area contributed by atoms with Gasteiger partial charge in [0.05, 0.1) is 6.42 Å². The zero-order chi connectivity index (χ0) is 18.2. The fourth-order valence-corrected chi connectivity index (χ4v) is 2.31. The van der Waals surface area contributed by atoms with Crippen LogP contribution in [-0.2, 0) is 14.4 Å². The van der Waals surface area contributed by atoms with Crippen molar-refractivity contribution in [1.82, 2.24) is 10.6 Å². The zero-order valence-electron chi connectivity index (χ0n) is 15.0. The van der Waals surface area contributed by atoms with Gasteiger partial charge in [0.1, 0.15) is 6.04 Å². The number of carbonyl (C=O) groups excluding carboxylic acids is 2. The molecule has 0 aliphatic rings. The summed E-state index contributed by atoms with van der Waals surface area (Å²) in [5, 5.41) is 13.8. The maximum Gasteiger partial charge on any atom is 0.305 e. The number of rotatable bonds is 14. The van der Waals surface area contributed by atoms with Gasteiger partial charge in [-0.25, -0.2) is 0 Å². The molecule has 0 radical (unpaired) electrons. The largest absolute Gasteiger partial charge is 0.481 e. The SMILES string of the molecule is CCCCCCCCCC=CC(=O)NC(CC(=O)O)C(=O)NCC. The van der Waals surface area contributed by atoms with Crippen LogP contribution in [0, 0.1) is 0 Å². The van der Waals surface area contributed by atoms with E-state index in [0.717, 1.165) is 19.3 Å². The van der Waals surface area contributed by atoms with E-state index in [0.29, 0.717) is 6.54 Å². The molecule has 0 aliphatic heterocycles. The zero-order valence-corrected chi connectivity index (χ0v) is 15.0. The molecule has 1 unspecified atom stereocenters. The average molecular weight is 340 g/mol. The van der Waals surface area contributed by atoms with Gasteiger partial charge < -0.3 is 15.7 Å². The molecule has 0 aromatic heterocycles. The highest BCUT2D eigenvalue weighted by Crippen LogP contribution is 2.08. The molecule has 24 heavy (non-hydrogen) atoms. The Hall–Kier alpha value is -1.85. The minimum absolute atomic E-state index is 0.388. The smallest absolute Gasteiger partial charge is 0.305 e. The van der Waals surface area contributed by atoms with E-state index in [1.54, 1.807) is 13.0 Å². The van der Waals surface area contributed by atoms with Crippen LogP contribution in [0.3, 0.4) is 0 Å². The highest BCUT2D eigenvalue weighted by Gasteiger charge is 2.22. The number of nitrogens with one attached hydrogen (secondary N) is 2. The summed E-state index contributed by atoms with van der Waals surface area (Å²) in [6.45, 7) is 4.32. The Labute approximate surface area is 145 Å². The van der Waals surface area contributed by atoms with Crippen LogP contribution in [0.4, 0.5) is 0 Å². The lowest BCUT2D eigenvalue weighted by atomic mass is 10.1. The van der Waals surface area contributed by atoms with Crippen molar-refractivity contribution in [3.63, 3.8) is 0 Å². The van der Waals surface area contributed by atoms with Crippen LogP contribution in [-0.4, -0.2) is 35.5 Å². The summed E-state index contributed by atoms with van der Waals surface area (Å²) in [4.78, 5) is 34.3. The number of carbonyl (C=O) groups is 3. The van der Waals surface area contributed by atoms with Crippen LogP contribution in [0.15, 0.2) is 12.2 Å². The topological polar surface area (TPSA) is 95.5 Å². The Morgan fingerprint density at radius 3 is 2.21 bits per heavy atom. The van der Waals surface area contributed by atoms with Crippen LogP contribution in [0.5, 0.6) is 0 Å². The monoisotopic (exact) mass is 340 g/mol. The average Bonchev–Trinajstić information content (AvgIpc) is 2.52. The molecule has 1 atom stereocenters. The van der Waals surface area contributed by atoms with Gasteiger partial charge in [-0.3, -0.25) is 14.4 Å². The van der Waals surface area contributed by atoms with Gasteiger partial charge in [0.15, 0.2) is 0 Å². The second kappa shape index (κ2) is 14.7. The predicted molar refractivity (Wildman–Crippen MR) is 94.6 cm³/mol. The molecule has 6 nitrogen and oxygen atoms in total. The normalized spacial score (nSPS) is 12.1. The van der Waals surface area contributed by atoms with Crippen LogP contribution in [0.25, 0.3) is 0 Å². The van der Waals surface area contributed by atoms with E-state index in [9.17, 15) is 14.4 Å². The van der Waals surface area contributed by atoms with Gasteiger partial charge in [-0.05, 0) is 25.8 Å². The van der Waals surface area contributed by atoms with E-state index in [-0.39, 0.29) is 0 Å². The quantitative estimate of drug-likeness (QED) is 0.335. The van der Waals surface area contributed by atoms with Crippen molar-refractivity contribution in [3.05, 3.63) is 12.2 Å². The molecule has 0 saturated carbocycles. The van der Waals surface area contributed by atoms with E-state index in [1.807, 2.05) is 0 Å². The molecule has 0 aliphatic carbocycles. The summed E-state index contributed by atoms with van der Waals surface area (Å²) in [6, 6.07) is -1.04. The molecule has 0 rings (SSSR count). The molecule has 0 saturated heterocycles. The standard InChI is InChI=1S/C18H32N2O4/c1-3-5-6-7-8-9-10-11-12-13-16(21)20-15(14-17(22)23)18(24)19-4-2/h12-13,15H,3-11,14H2,1-2H3,(H,19,24)(H,20,21)(H,22,23). The van der Waals surface area contributed by atoms with Crippen LogP contribution in [0.1, 0.15) is 71.6 Å². The van der Waals surface area contributed by atoms with Crippen molar-refractivity contribution in [3.8, 4) is 0 Å². The van der Waals surface area contributed by atoms with Crippen molar-refractivity contribution in [2.75, 3.05) is 6.54 Å². The first-order valence-electron chi connectivity index (χ1n) is 8.97. The van der Waals surface area contributed by atoms with Crippen molar-refractivity contribution >= 4 is 17.8 Å². The number of amides is 2. The van der Waals surface area contributed by atoms with Crippen molar-refractivity contribution in [2.45, 2.75) is 77.7 Å². The lowest BCUT2D eigenvalue weighted by molar-refractivity contribution is -0.140. The van der Waals surface area contributed by atoms with Crippen molar-refractivity contribution in [2.24, 2.45) is 0 Å². The first-order valence-corrected chi connectivity index (χ1v) is 8.97. The number of carboxylic acids is 1. The van der Waals surface area contributed by atoms with E-state index < -0.39 is 30.2 Å². The highest BCUT2D eigenvalue weighted by atomic mass is 16.4. The van der Waals surface area contributed by atoms with Gasteiger partial charge in [-0.1, -0.05) is 51.5 Å². The molecule has 0 fully saturated rings. The summed E-state index contributed by atoms with van der Waals surface area (Å²) in [7, 11) is 0. The van der Waals surface area contributed by atoms with Crippen LogP contribution < -0.4 is 10.6 Å². The molecular weight excluding hydrogens is 308 g/mol. The fraction of sp³-hybridized carbons (Fsp3) is 0.722. The summed E-state index contributed by atoms with van der Waals surface area (Å²) in [5.41, 5.74) is 0. The van der Waals surface area contributed by atoms with Crippen LogP contribution >= 0.6 is 0 Å². The number of unbranched alkanes of at least 4 members (excludes halogenated alkanes) is 7. The van der Waals surface area contributed by atoms with E-state index in [2.05, 4.69) is 17.6 Å². The van der Waals surface area contributed by atoms with Gasteiger partial charge >= 0.3 is 5.97 Å². The van der Waals surface area contributed by atoms with E-state index in [4.69, 9.17) is 5.11 Å². The number of aliphatic carboxylic acids is 1. The Balaban J connectivity index is 4.01. The van der Waals surface area contributed by atoms with Gasteiger partial charge in [-0.15, -0.1) is 0 Å². The lowest BCUT2D eigenvalue weighted by Crippen LogP contribution is -2.47. The second-order valence-corrected chi connectivity index (χ2v) is 5.87. The predicted octanol–water partition coefficient (Wildman–Crippen LogP) is 2.78. The molecule has 3 N–H and O–H groups in total. The number of allylic oxidation sites excluding steroid dienone is 1. The maximum atomic E-state index is 11.8. The Kier molecular flexibility index (Phi) is 13.6. The maximum absolute atomic E-state index is 11.8. The number of hydrogen-bond acceptors (Lipinski definition) is 3. The lowest BCUT2D eigenvalue weighted by Gasteiger charge is -2.14. The van der Waals surface area contributed by atoms with E-state index in [1.165, 1.54) is 38.2 Å². The molecular formula is C18H32N2O4. The van der Waals surface area contributed by atoms with Crippen LogP contribution in [0.2, 0.25) is 0 Å². The molecule has 2 amide bonds. The summed E-state index contributed by atoms with van der Waals surface area (Å²) in [5.74, 6) is -2.04. The van der Waals surface area contributed by atoms with Gasteiger partial charge in [-0.2, -0.15) is 0 Å². The van der Waals surface area contributed by atoms with Gasteiger partial charge in [0.2, 0.25) is 11.8 Å². The molecule has 0 aromatic rings. The Morgan fingerprint density at radius 2 is 1.62 bits per heavy atom. The third-order valence-corrected chi connectivity index (χ3v) is 3.61. The Bertz CT molecular complexity index is 408. The fourth-order valence-electron chi connectivity index (χ4n) is 2.31. The van der Waals surface area contributed by atoms with Crippen molar-refractivity contribution in [1.29, 1.82) is 0 Å². The third-order valence-electron chi connectivity index (χ3n) is 3.61. The second-order valence-electron chi connectivity index (χ2n) is 5.87. The minimum atomic E-state index is -1.13. The number of likely N-dealkylation sites (N-methyl/N-ethyl adjacent to an activating group) is 1. The molecule has 138 valence electrons. The molecule has 0 bridgehead atoms. The molecule has 0 aromatic carbocycles. The summed E-state index contributed by atoms with van der Waals surface area (Å²) >= 11 is 0. The summed E-state index contributed by atoms with van der Waals surface area (Å²) < 4.78 is 0. The first kappa shape index (κ1) is 22.1. The summed E-state index contributed by atoms with van der Waals surface area (Å²) in [6.07, 6.45) is 12.0. The number of carboxylic acid groups (broad SMARTS) is 1. The van der Waals surface area contributed by atoms with Gasteiger partial charge in [0, 0.05) is 6.54 Å². The highest BCUT2D eigenvalue weighted by molar-refractivity contribution is 5.94. The first-order chi connectivity index (χ1) is 11.5. The van der Waals surface area contributed by atoms with E-state index >= 15 is 0 Å². The third kappa shape index (κ3) is 12.7.